The number of halogens is 1. The average Bonchev–Trinajstić information content (AvgIpc) is 2.19. The van der Waals surface area contributed by atoms with Gasteiger partial charge in [-0.3, -0.25) is 0 Å². The number of methoxy groups -OCH3 is 1. The van der Waals surface area contributed by atoms with Crippen LogP contribution in [0.4, 0.5) is 0 Å². The SMILES string of the molecule is COc1ccc(CCCC=O)cc1.Cl. The molecule has 0 unspecified atom stereocenters. The molecule has 14 heavy (non-hydrogen) atoms. The molecule has 0 N–H and O–H groups in total. The summed E-state index contributed by atoms with van der Waals surface area (Å²) in [7, 11) is 1.65. The van der Waals surface area contributed by atoms with Crippen LogP contribution in [-0.4, -0.2) is 13.4 Å². The van der Waals surface area contributed by atoms with Gasteiger partial charge in [0.05, 0.1) is 7.11 Å². The van der Waals surface area contributed by atoms with Gasteiger partial charge in [-0.1, -0.05) is 12.1 Å². The lowest BCUT2D eigenvalue weighted by atomic mass is 10.1. The molecule has 2 nitrogen and oxygen atoms in total. The van der Waals surface area contributed by atoms with E-state index in [-0.39, 0.29) is 12.4 Å². The Labute approximate surface area is 90.7 Å². The lowest BCUT2D eigenvalue weighted by Gasteiger charge is -2.01. The fourth-order valence-corrected chi connectivity index (χ4v) is 1.18. The predicted octanol–water partition coefficient (Wildman–Crippen LogP) is 2.64. The maximum atomic E-state index is 10.1. The molecule has 1 aromatic carbocycles. The van der Waals surface area contributed by atoms with Crippen molar-refractivity contribution in [2.24, 2.45) is 0 Å². The molecule has 1 rings (SSSR count). The molecule has 0 bridgehead atoms. The number of unbranched alkanes of at least 4 members (excludes halogenated alkanes) is 1. The first kappa shape index (κ1) is 13.0. The summed E-state index contributed by atoms with van der Waals surface area (Å²) in [5.41, 5.74) is 1.25. The Morgan fingerprint density at radius 1 is 1.29 bits per heavy atom. The number of carbonyl (C=O) groups excluding carboxylic acids is 1. The van der Waals surface area contributed by atoms with Crippen molar-refractivity contribution in [3.8, 4) is 5.75 Å². The van der Waals surface area contributed by atoms with Crippen LogP contribution in [-0.2, 0) is 11.2 Å². The summed E-state index contributed by atoms with van der Waals surface area (Å²) in [6, 6.07) is 7.94. The van der Waals surface area contributed by atoms with Gasteiger partial charge in [-0.05, 0) is 30.5 Å². The summed E-state index contributed by atoms with van der Waals surface area (Å²) in [5.74, 6) is 0.874. The van der Waals surface area contributed by atoms with E-state index in [1.807, 2.05) is 24.3 Å². The fourth-order valence-electron chi connectivity index (χ4n) is 1.18. The average molecular weight is 215 g/mol. The third kappa shape index (κ3) is 4.28. The van der Waals surface area contributed by atoms with Gasteiger partial charge in [-0.25, -0.2) is 0 Å². The zero-order valence-corrected chi connectivity index (χ0v) is 9.05. The number of rotatable bonds is 5. The number of aldehydes is 1. The normalized spacial score (nSPS) is 8.93. The van der Waals surface area contributed by atoms with Crippen molar-refractivity contribution >= 4 is 18.7 Å². The van der Waals surface area contributed by atoms with Crippen molar-refractivity contribution in [1.82, 2.24) is 0 Å². The minimum Gasteiger partial charge on any atom is -0.497 e. The van der Waals surface area contributed by atoms with Crippen LogP contribution in [0.2, 0.25) is 0 Å². The third-order valence-corrected chi connectivity index (χ3v) is 1.95. The molecule has 78 valence electrons. The number of hydrogen-bond donors (Lipinski definition) is 0. The van der Waals surface area contributed by atoms with Crippen molar-refractivity contribution in [2.45, 2.75) is 19.3 Å². The fraction of sp³-hybridized carbons (Fsp3) is 0.364. The minimum atomic E-state index is 0. The van der Waals surface area contributed by atoms with Crippen LogP contribution in [0.25, 0.3) is 0 Å². The highest BCUT2D eigenvalue weighted by atomic mass is 35.5. The van der Waals surface area contributed by atoms with Gasteiger partial charge >= 0.3 is 0 Å². The summed E-state index contributed by atoms with van der Waals surface area (Å²) < 4.78 is 5.04. The molecule has 3 heteroatoms. The smallest absolute Gasteiger partial charge is 0.120 e. The van der Waals surface area contributed by atoms with Crippen LogP contribution in [0, 0.1) is 0 Å². The van der Waals surface area contributed by atoms with E-state index in [2.05, 4.69) is 0 Å². The first-order chi connectivity index (χ1) is 6.36. The second-order valence-corrected chi connectivity index (χ2v) is 2.91. The molecular formula is C11H15ClO2. The molecule has 0 aliphatic heterocycles. The zero-order chi connectivity index (χ0) is 9.52. The molecular weight excluding hydrogens is 200 g/mol. The van der Waals surface area contributed by atoms with E-state index in [1.165, 1.54) is 5.56 Å². The Balaban J connectivity index is 0.00000169. The summed E-state index contributed by atoms with van der Waals surface area (Å²) in [4.78, 5) is 10.1. The first-order valence-corrected chi connectivity index (χ1v) is 4.43. The second-order valence-electron chi connectivity index (χ2n) is 2.91. The largest absolute Gasteiger partial charge is 0.497 e. The number of benzene rings is 1. The summed E-state index contributed by atoms with van der Waals surface area (Å²) in [6.45, 7) is 0. The van der Waals surface area contributed by atoms with Gasteiger partial charge in [0.1, 0.15) is 12.0 Å². The van der Waals surface area contributed by atoms with E-state index in [0.29, 0.717) is 6.42 Å². The molecule has 1 aromatic rings. The van der Waals surface area contributed by atoms with E-state index in [1.54, 1.807) is 7.11 Å². The van der Waals surface area contributed by atoms with Crippen molar-refractivity contribution in [2.75, 3.05) is 7.11 Å². The van der Waals surface area contributed by atoms with Crippen LogP contribution in [0.5, 0.6) is 5.75 Å². The molecule has 0 spiro atoms. The van der Waals surface area contributed by atoms with Crippen LogP contribution in [0.1, 0.15) is 18.4 Å². The van der Waals surface area contributed by atoms with E-state index in [4.69, 9.17) is 4.74 Å². The van der Waals surface area contributed by atoms with Gasteiger partial charge in [0, 0.05) is 6.42 Å². The van der Waals surface area contributed by atoms with Gasteiger partial charge in [0.2, 0.25) is 0 Å². The van der Waals surface area contributed by atoms with Crippen LogP contribution in [0.15, 0.2) is 24.3 Å². The molecule has 0 atom stereocenters. The van der Waals surface area contributed by atoms with E-state index >= 15 is 0 Å². The molecule has 0 radical (unpaired) electrons. The lowest BCUT2D eigenvalue weighted by Crippen LogP contribution is -1.87. The Hall–Kier alpha value is -1.02. The molecule has 0 heterocycles. The summed E-state index contributed by atoms with van der Waals surface area (Å²) in [6.07, 6.45) is 3.49. The van der Waals surface area contributed by atoms with E-state index < -0.39 is 0 Å². The van der Waals surface area contributed by atoms with Gasteiger partial charge in [-0.2, -0.15) is 0 Å². The van der Waals surface area contributed by atoms with Crippen molar-refractivity contribution < 1.29 is 9.53 Å². The van der Waals surface area contributed by atoms with Crippen LogP contribution >= 0.6 is 12.4 Å². The van der Waals surface area contributed by atoms with Gasteiger partial charge in [-0.15, -0.1) is 12.4 Å². The van der Waals surface area contributed by atoms with Gasteiger partial charge in [0.25, 0.3) is 0 Å². The number of hydrogen-bond acceptors (Lipinski definition) is 2. The molecule has 0 saturated heterocycles. The monoisotopic (exact) mass is 214 g/mol. The molecule has 0 amide bonds. The molecule has 0 aliphatic rings. The molecule has 0 aromatic heterocycles. The van der Waals surface area contributed by atoms with E-state index in [9.17, 15) is 4.79 Å². The summed E-state index contributed by atoms with van der Waals surface area (Å²) in [5, 5.41) is 0. The lowest BCUT2D eigenvalue weighted by molar-refractivity contribution is -0.107. The van der Waals surface area contributed by atoms with E-state index in [0.717, 1.165) is 24.9 Å². The van der Waals surface area contributed by atoms with Crippen molar-refractivity contribution in [1.29, 1.82) is 0 Å². The molecule has 0 fully saturated rings. The topological polar surface area (TPSA) is 26.3 Å². The van der Waals surface area contributed by atoms with Crippen LogP contribution < -0.4 is 4.74 Å². The standard InChI is InChI=1S/C11H14O2.ClH/c1-13-11-7-5-10(6-8-11)4-2-3-9-12;/h5-9H,2-4H2,1H3;1H. The highest BCUT2D eigenvalue weighted by Gasteiger charge is 1.93. The maximum Gasteiger partial charge on any atom is 0.120 e. The Bertz CT molecular complexity index is 256. The quantitative estimate of drug-likeness (QED) is 0.557. The van der Waals surface area contributed by atoms with Crippen molar-refractivity contribution in [3.63, 3.8) is 0 Å². The second kappa shape index (κ2) is 7.39. The number of carbonyl (C=O) groups is 1. The molecule has 0 aliphatic carbocycles. The minimum absolute atomic E-state index is 0. The highest BCUT2D eigenvalue weighted by Crippen LogP contribution is 2.12. The summed E-state index contributed by atoms with van der Waals surface area (Å²) >= 11 is 0. The Kier molecular flexibility index (Phi) is 6.85. The Morgan fingerprint density at radius 3 is 2.43 bits per heavy atom. The molecule has 0 saturated carbocycles. The zero-order valence-electron chi connectivity index (χ0n) is 8.23. The third-order valence-electron chi connectivity index (χ3n) is 1.95. The maximum absolute atomic E-state index is 10.1. The van der Waals surface area contributed by atoms with Crippen molar-refractivity contribution in [3.05, 3.63) is 29.8 Å². The first-order valence-electron chi connectivity index (χ1n) is 4.43. The van der Waals surface area contributed by atoms with Gasteiger partial charge < -0.3 is 9.53 Å². The van der Waals surface area contributed by atoms with Gasteiger partial charge in [0.15, 0.2) is 0 Å². The highest BCUT2D eigenvalue weighted by molar-refractivity contribution is 5.85. The number of aryl methyl sites for hydroxylation is 1. The number of ether oxygens (including phenoxy) is 1. The Morgan fingerprint density at radius 2 is 1.93 bits per heavy atom. The predicted molar refractivity (Wildman–Crippen MR) is 59.2 cm³/mol. The van der Waals surface area contributed by atoms with Crippen LogP contribution in [0.3, 0.4) is 0 Å².